The Balaban J connectivity index is 1.44. The molecule has 0 fully saturated rings. The van der Waals surface area contributed by atoms with Gasteiger partial charge in [-0.1, -0.05) is 26.0 Å². The highest BCUT2D eigenvalue weighted by Crippen LogP contribution is 2.25. The molecular weight excluding hydrogens is 350 g/mol. The normalized spacial score (nSPS) is 11.3. The third-order valence-corrected chi connectivity index (χ3v) is 4.78. The number of carbonyl (C=O) groups excluding carboxylic acids is 1. The van der Waals surface area contributed by atoms with Gasteiger partial charge in [-0.25, -0.2) is 4.98 Å². The van der Waals surface area contributed by atoms with Gasteiger partial charge in [0.15, 0.2) is 0 Å². The smallest absolute Gasteiger partial charge is 0.228 e. The van der Waals surface area contributed by atoms with Crippen molar-refractivity contribution < 1.29 is 9.21 Å². The number of nitrogens with zero attached hydrogens (tertiary/aromatic N) is 1. The fraction of sp³-hybridized carbons (Fsp3) is 0.217. The molecule has 2 aromatic heterocycles. The van der Waals surface area contributed by atoms with Gasteiger partial charge in [0.1, 0.15) is 5.76 Å². The van der Waals surface area contributed by atoms with Crippen molar-refractivity contribution in [3.8, 4) is 11.5 Å². The van der Waals surface area contributed by atoms with Gasteiger partial charge >= 0.3 is 0 Å². The predicted molar refractivity (Wildman–Crippen MR) is 111 cm³/mol. The molecule has 0 saturated carbocycles. The van der Waals surface area contributed by atoms with E-state index in [1.807, 2.05) is 30.5 Å². The first-order chi connectivity index (χ1) is 13.5. The van der Waals surface area contributed by atoms with E-state index in [-0.39, 0.29) is 5.91 Å². The monoisotopic (exact) mass is 373 g/mol. The van der Waals surface area contributed by atoms with E-state index in [9.17, 15) is 4.79 Å². The number of benzene rings is 2. The van der Waals surface area contributed by atoms with Crippen LogP contribution in [0.15, 0.2) is 59.3 Å². The molecule has 2 N–H and O–H groups in total. The third kappa shape index (κ3) is 3.69. The number of nitrogens with one attached hydrogen (secondary N) is 2. The molecule has 4 rings (SSSR count). The first kappa shape index (κ1) is 18.0. The Morgan fingerprint density at radius 3 is 2.68 bits per heavy atom. The molecule has 0 aliphatic carbocycles. The molecule has 1 amide bonds. The van der Waals surface area contributed by atoms with Gasteiger partial charge in [0, 0.05) is 34.3 Å². The van der Waals surface area contributed by atoms with E-state index < -0.39 is 0 Å². The highest BCUT2D eigenvalue weighted by Gasteiger charge is 2.11. The van der Waals surface area contributed by atoms with Crippen molar-refractivity contribution in [2.75, 3.05) is 5.32 Å². The summed E-state index contributed by atoms with van der Waals surface area (Å²) in [4.78, 5) is 20.0. The van der Waals surface area contributed by atoms with Crippen molar-refractivity contribution in [3.63, 3.8) is 0 Å². The maximum atomic E-state index is 12.5. The van der Waals surface area contributed by atoms with Gasteiger partial charge in [0.25, 0.3) is 0 Å². The zero-order valence-electron chi connectivity index (χ0n) is 16.2. The number of rotatable bonds is 5. The molecule has 28 heavy (non-hydrogen) atoms. The summed E-state index contributed by atoms with van der Waals surface area (Å²) in [5.74, 6) is 1.71. The molecule has 0 aliphatic rings. The number of anilines is 1. The van der Waals surface area contributed by atoms with Gasteiger partial charge in [0.05, 0.1) is 12.6 Å². The predicted octanol–water partition coefficient (Wildman–Crippen LogP) is 5.44. The van der Waals surface area contributed by atoms with Crippen LogP contribution in [-0.2, 0) is 11.2 Å². The Hall–Kier alpha value is -3.34. The topological polar surface area (TPSA) is 70.9 Å². The van der Waals surface area contributed by atoms with Gasteiger partial charge in [0.2, 0.25) is 11.8 Å². The standard InChI is InChI=1S/C23H23N3O2/c1-14(2)21-13-25-23(28-21)16-5-7-18(8-6-16)26-22(27)11-17-12-24-20-10-15(3)4-9-19(17)20/h4-10,12-14,24H,11H2,1-3H3,(H,26,27). The average Bonchev–Trinajstić information content (AvgIpc) is 3.30. The summed E-state index contributed by atoms with van der Waals surface area (Å²) in [5.41, 5.74) is 4.87. The fourth-order valence-corrected chi connectivity index (χ4v) is 3.21. The number of oxazole rings is 1. The van der Waals surface area contributed by atoms with Gasteiger partial charge in [-0.3, -0.25) is 4.79 Å². The van der Waals surface area contributed by atoms with Crippen molar-refractivity contribution in [3.05, 3.63) is 71.7 Å². The summed E-state index contributed by atoms with van der Waals surface area (Å²) in [7, 11) is 0. The third-order valence-electron chi connectivity index (χ3n) is 4.78. The zero-order valence-corrected chi connectivity index (χ0v) is 16.2. The van der Waals surface area contributed by atoms with Crippen molar-refractivity contribution >= 4 is 22.5 Å². The van der Waals surface area contributed by atoms with E-state index in [0.717, 1.165) is 33.5 Å². The van der Waals surface area contributed by atoms with Crippen LogP contribution < -0.4 is 5.32 Å². The minimum atomic E-state index is -0.0487. The van der Waals surface area contributed by atoms with E-state index in [1.54, 1.807) is 6.20 Å². The number of carbonyl (C=O) groups is 1. The van der Waals surface area contributed by atoms with E-state index in [1.165, 1.54) is 5.56 Å². The number of aryl methyl sites for hydroxylation is 1. The lowest BCUT2D eigenvalue weighted by Gasteiger charge is -2.06. The summed E-state index contributed by atoms with van der Waals surface area (Å²) in [6.45, 7) is 6.19. The molecule has 0 spiro atoms. The molecule has 2 aromatic carbocycles. The Morgan fingerprint density at radius 1 is 1.18 bits per heavy atom. The SMILES string of the molecule is Cc1ccc2c(CC(=O)Nc3ccc(-c4ncc(C(C)C)o4)cc3)c[nH]c2c1. The lowest BCUT2D eigenvalue weighted by atomic mass is 10.1. The van der Waals surface area contributed by atoms with Crippen LogP contribution in [0, 0.1) is 6.92 Å². The second-order valence-corrected chi connectivity index (χ2v) is 7.39. The number of hydrogen-bond donors (Lipinski definition) is 2. The molecular formula is C23H23N3O2. The molecule has 5 nitrogen and oxygen atoms in total. The summed E-state index contributed by atoms with van der Waals surface area (Å²) < 4.78 is 5.77. The highest BCUT2D eigenvalue weighted by atomic mass is 16.4. The largest absolute Gasteiger partial charge is 0.441 e. The lowest BCUT2D eigenvalue weighted by molar-refractivity contribution is -0.115. The molecule has 4 aromatic rings. The fourth-order valence-electron chi connectivity index (χ4n) is 3.21. The molecule has 2 heterocycles. The maximum Gasteiger partial charge on any atom is 0.228 e. The Kier molecular flexibility index (Phi) is 4.74. The minimum absolute atomic E-state index is 0.0487. The number of hydrogen-bond acceptors (Lipinski definition) is 3. The van der Waals surface area contributed by atoms with Crippen LogP contribution in [0.25, 0.3) is 22.4 Å². The van der Waals surface area contributed by atoms with Crippen molar-refractivity contribution in [1.82, 2.24) is 9.97 Å². The molecule has 0 aliphatic heterocycles. The number of fused-ring (bicyclic) bond motifs is 1. The molecule has 5 heteroatoms. The Labute approximate surface area is 163 Å². The molecule has 0 bridgehead atoms. The van der Waals surface area contributed by atoms with Crippen LogP contribution in [0.1, 0.15) is 36.7 Å². The van der Waals surface area contributed by atoms with Crippen molar-refractivity contribution in [2.45, 2.75) is 33.1 Å². The van der Waals surface area contributed by atoms with Gasteiger partial charge in [-0.05, 0) is 48.4 Å². The number of H-pyrrole nitrogens is 1. The summed E-state index contributed by atoms with van der Waals surface area (Å²) in [6, 6.07) is 13.7. The molecule has 0 unspecified atom stereocenters. The van der Waals surface area contributed by atoms with Gasteiger partial charge in [-0.2, -0.15) is 0 Å². The quantitative estimate of drug-likeness (QED) is 0.489. The van der Waals surface area contributed by atoms with Crippen LogP contribution in [0.3, 0.4) is 0 Å². The highest BCUT2D eigenvalue weighted by molar-refractivity contribution is 5.96. The first-order valence-corrected chi connectivity index (χ1v) is 9.42. The lowest BCUT2D eigenvalue weighted by Crippen LogP contribution is -2.14. The maximum absolute atomic E-state index is 12.5. The van der Waals surface area contributed by atoms with Gasteiger partial charge < -0.3 is 14.7 Å². The van der Waals surface area contributed by atoms with Crippen LogP contribution in [0.4, 0.5) is 5.69 Å². The molecule has 142 valence electrons. The van der Waals surface area contributed by atoms with Crippen molar-refractivity contribution in [2.24, 2.45) is 0 Å². The second kappa shape index (κ2) is 7.35. The number of amides is 1. The molecule has 0 radical (unpaired) electrons. The Morgan fingerprint density at radius 2 is 1.96 bits per heavy atom. The van der Waals surface area contributed by atoms with E-state index >= 15 is 0 Å². The average molecular weight is 373 g/mol. The second-order valence-electron chi connectivity index (χ2n) is 7.39. The van der Waals surface area contributed by atoms with Crippen LogP contribution in [0.2, 0.25) is 0 Å². The summed E-state index contributed by atoms with van der Waals surface area (Å²) >= 11 is 0. The Bertz CT molecular complexity index is 1120. The summed E-state index contributed by atoms with van der Waals surface area (Å²) in [5, 5.41) is 4.04. The minimum Gasteiger partial charge on any atom is -0.441 e. The van der Waals surface area contributed by atoms with E-state index in [2.05, 4.69) is 54.3 Å². The first-order valence-electron chi connectivity index (χ1n) is 9.42. The van der Waals surface area contributed by atoms with Crippen LogP contribution in [-0.4, -0.2) is 15.9 Å². The number of aromatic amines is 1. The molecule has 0 saturated heterocycles. The van der Waals surface area contributed by atoms with Crippen LogP contribution in [0.5, 0.6) is 0 Å². The molecule has 0 atom stereocenters. The van der Waals surface area contributed by atoms with E-state index in [0.29, 0.717) is 18.2 Å². The van der Waals surface area contributed by atoms with Crippen molar-refractivity contribution in [1.29, 1.82) is 0 Å². The van der Waals surface area contributed by atoms with Gasteiger partial charge in [-0.15, -0.1) is 0 Å². The summed E-state index contributed by atoms with van der Waals surface area (Å²) in [6.07, 6.45) is 3.99. The van der Waals surface area contributed by atoms with E-state index in [4.69, 9.17) is 4.42 Å². The van der Waals surface area contributed by atoms with Crippen LogP contribution >= 0.6 is 0 Å². The number of aromatic nitrogens is 2. The zero-order chi connectivity index (χ0) is 19.7.